The second kappa shape index (κ2) is 5.36. The Morgan fingerprint density at radius 3 is 2.94 bits per heavy atom. The van der Waals surface area contributed by atoms with Crippen LogP contribution in [0.5, 0.6) is 0 Å². The van der Waals surface area contributed by atoms with Gasteiger partial charge in [-0.1, -0.05) is 13.3 Å². The molecule has 0 aromatic heterocycles. The molecule has 4 heteroatoms. The summed E-state index contributed by atoms with van der Waals surface area (Å²) in [6.45, 7) is 4.39. The van der Waals surface area contributed by atoms with Crippen LogP contribution in [-0.2, 0) is 14.3 Å². The van der Waals surface area contributed by atoms with Crippen LogP contribution in [0.3, 0.4) is 0 Å². The Kier molecular flexibility index (Phi) is 4.05. The molecule has 2 rings (SSSR count). The molecule has 98 valence electrons. The van der Waals surface area contributed by atoms with Crippen LogP contribution < -0.4 is 0 Å². The van der Waals surface area contributed by atoms with Crippen molar-refractivity contribution in [2.24, 2.45) is 0 Å². The van der Waals surface area contributed by atoms with Crippen molar-refractivity contribution >= 4 is 5.91 Å². The number of carbonyl (C=O) groups excluding carboxylic acids is 1. The minimum atomic E-state index is -0.0964. The van der Waals surface area contributed by atoms with Gasteiger partial charge in [0.15, 0.2) is 0 Å². The number of nitrogens with zero attached hydrogens (tertiary/aromatic N) is 1. The monoisotopic (exact) mass is 241 g/mol. The Morgan fingerprint density at radius 2 is 2.29 bits per heavy atom. The molecule has 0 unspecified atom stereocenters. The first-order chi connectivity index (χ1) is 8.19. The maximum absolute atomic E-state index is 11.8. The summed E-state index contributed by atoms with van der Waals surface area (Å²) in [4.78, 5) is 13.7. The molecule has 0 N–H and O–H groups in total. The molecular weight excluding hydrogens is 218 g/mol. The highest BCUT2D eigenvalue weighted by atomic mass is 16.5. The van der Waals surface area contributed by atoms with Gasteiger partial charge in [-0.3, -0.25) is 4.79 Å². The largest absolute Gasteiger partial charge is 0.381 e. The van der Waals surface area contributed by atoms with Gasteiger partial charge < -0.3 is 14.4 Å². The fourth-order valence-corrected chi connectivity index (χ4v) is 2.72. The van der Waals surface area contributed by atoms with Gasteiger partial charge in [-0.15, -0.1) is 0 Å². The van der Waals surface area contributed by atoms with Gasteiger partial charge in [0.25, 0.3) is 0 Å². The molecule has 0 aromatic rings. The summed E-state index contributed by atoms with van der Waals surface area (Å²) in [6, 6.07) is 0. The zero-order chi connectivity index (χ0) is 12.3. The highest BCUT2D eigenvalue weighted by Gasteiger charge is 2.49. The van der Waals surface area contributed by atoms with E-state index < -0.39 is 0 Å². The quantitative estimate of drug-likeness (QED) is 0.750. The number of hydrogen-bond acceptors (Lipinski definition) is 3. The average Bonchev–Trinajstić information content (AvgIpc) is 2.33. The van der Waals surface area contributed by atoms with Crippen molar-refractivity contribution in [1.82, 2.24) is 4.90 Å². The normalized spacial score (nSPS) is 26.9. The van der Waals surface area contributed by atoms with E-state index in [1.54, 1.807) is 7.11 Å². The fraction of sp³-hybridized carbons (Fsp3) is 0.923. The van der Waals surface area contributed by atoms with Crippen molar-refractivity contribution in [2.45, 2.75) is 50.7 Å². The van der Waals surface area contributed by atoms with Crippen LogP contribution in [0.1, 0.15) is 39.0 Å². The Labute approximate surface area is 103 Å². The first-order valence-electron chi connectivity index (χ1n) is 6.63. The topological polar surface area (TPSA) is 38.8 Å². The highest BCUT2D eigenvalue weighted by molar-refractivity contribution is 5.77. The summed E-state index contributed by atoms with van der Waals surface area (Å²) >= 11 is 0. The van der Waals surface area contributed by atoms with Crippen LogP contribution in [0.2, 0.25) is 0 Å². The van der Waals surface area contributed by atoms with Crippen molar-refractivity contribution in [2.75, 3.05) is 26.8 Å². The molecule has 0 saturated carbocycles. The van der Waals surface area contributed by atoms with Crippen LogP contribution in [0.15, 0.2) is 0 Å². The minimum Gasteiger partial charge on any atom is -0.381 e. The van der Waals surface area contributed by atoms with Crippen LogP contribution in [-0.4, -0.2) is 49.3 Å². The molecule has 2 aliphatic rings. The van der Waals surface area contributed by atoms with E-state index in [9.17, 15) is 4.79 Å². The Morgan fingerprint density at radius 1 is 1.53 bits per heavy atom. The van der Waals surface area contributed by atoms with Gasteiger partial charge >= 0.3 is 0 Å². The Bertz CT molecular complexity index is 274. The van der Waals surface area contributed by atoms with Crippen molar-refractivity contribution in [1.29, 1.82) is 0 Å². The predicted octanol–water partition coefficient (Wildman–Crippen LogP) is 1.58. The maximum atomic E-state index is 11.8. The lowest BCUT2D eigenvalue weighted by Gasteiger charge is -2.53. The molecule has 0 radical (unpaired) electrons. The van der Waals surface area contributed by atoms with E-state index in [1.807, 2.05) is 4.90 Å². The lowest BCUT2D eigenvalue weighted by atomic mass is 9.84. The van der Waals surface area contributed by atoms with Crippen molar-refractivity contribution in [3.8, 4) is 0 Å². The molecule has 0 aromatic carbocycles. The molecule has 1 spiro atoms. The fourth-order valence-electron chi connectivity index (χ4n) is 2.72. The number of hydrogen-bond donors (Lipinski definition) is 0. The molecule has 2 aliphatic heterocycles. The van der Waals surface area contributed by atoms with E-state index in [-0.39, 0.29) is 11.5 Å². The summed E-state index contributed by atoms with van der Waals surface area (Å²) in [6.07, 6.45) is 4.96. The Balaban J connectivity index is 1.78. The smallest absolute Gasteiger partial charge is 0.222 e. The molecule has 0 bridgehead atoms. The molecule has 2 heterocycles. The number of carbonyl (C=O) groups is 1. The van der Waals surface area contributed by atoms with Gasteiger partial charge in [0.1, 0.15) is 5.60 Å². The molecule has 17 heavy (non-hydrogen) atoms. The van der Waals surface area contributed by atoms with Gasteiger partial charge in [0, 0.05) is 26.6 Å². The second-order valence-electron chi connectivity index (χ2n) is 5.24. The second-order valence-corrected chi connectivity index (χ2v) is 5.24. The van der Waals surface area contributed by atoms with Crippen molar-refractivity contribution in [3.63, 3.8) is 0 Å². The van der Waals surface area contributed by atoms with Gasteiger partial charge in [0.2, 0.25) is 5.91 Å². The number of amides is 1. The van der Waals surface area contributed by atoms with Crippen molar-refractivity contribution in [3.05, 3.63) is 0 Å². The summed E-state index contributed by atoms with van der Waals surface area (Å²) in [5, 5.41) is 0. The molecule has 1 atom stereocenters. The third-order valence-electron chi connectivity index (χ3n) is 3.84. The average molecular weight is 241 g/mol. The molecule has 1 amide bonds. The highest BCUT2D eigenvalue weighted by Crippen LogP contribution is 2.35. The summed E-state index contributed by atoms with van der Waals surface area (Å²) in [7, 11) is 1.76. The molecule has 2 fully saturated rings. The van der Waals surface area contributed by atoms with Crippen LogP contribution in [0.25, 0.3) is 0 Å². The van der Waals surface area contributed by atoms with Gasteiger partial charge in [-0.05, 0) is 12.8 Å². The molecular formula is C13H23NO3. The summed E-state index contributed by atoms with van der Waals surface area (Å²) in [5.74, 6) is 0.278. The van der Waals surface area contributed by atoms with Crippen LogP contribution in [0.4, 0.5) is 0 Å². The van der Waals surface area contributed by atoms with Gasteiger partial charge in [0.05, 0.1) is 19.2 Å². The van der Waals surface area contributed by atoms with Crippen molar-refractivity contribution < 1.29 is 14.3 Å². The third kappa shape index (κ3) is 2.80. The minimum absolute atomic E-state index is 0.0964. The van der Waals surface area contributed by atoms with Crippen LogP contribution >= 0.6 is 0 Å². The molecule has 0 aliphatic carbocycles. The number of methoxy groups -OCH3 is 1. The standard InChI is InChI=1S/C13H23NO3/c1-3-4-5-12(15)14-9-13(10-14)8-11(16-2)6-7-17-13/h11H,3-10H2,1-2H3/t11-/m0/s1. The van der Waals surface area contributed by atoms with E-state index in [1.165, 1.54) is 0 Å². The SMILES string of the molecule is CCCCC(=O)N1CC2(C[C@@H](OC)CCO2)C1. The van der Waals surface area contributed by atoms with E-state index >= 15 is 0 Å². The maximum Gasteiger partial charge on any atom is 0.222 e. The van der Waals surface area contributed by atoms with E-state index in [2.05, 4.69) is 6.92 Å². The zero-order valence-electron chi connectivity index (χ0n) is 10.9. The molecule has 4 nitrogen and oxygen atoms in total. The summed E-state index contributed by atoms with van der Waals surface area (Å²) in [5.41, 5.74) is -0.0964. The van der Waals surface area contributed by atoms with E-state index in [0.717, 1.165) is 45.4 Å². The zero-order valence-corrected chi connectivity index (χ0v) is 10.9. The van der Waals surface area contributed by atoms with Gasteiger partial charge in [-0.2, -0.15) is 0 Å². The Hall–Kier alpha value is -0.610. The predicted molar refractivity (Wildman–Crippen MR) is 64.8 cm³/mol. The number of likely N-dealkylation sites (tertiary alicyclic amines) is 1. The van der Waals surface area contributed by atoms with Crippen LogP contribution in [0, 0.1) is 0 Å². The number of rotatable bonds is 4. The van der Waals surface area contributed by atoms with Gasteiger partial charge in [-0.25, -0.2) is 0 Å². The third-order valence-corrected chi connectivity index (χ3v) is 3.84. The van der Waals surface area contributed by atoms with E-state index in [0.29, 0.717) is 12.5 Å². The first-order valence-corrected chi connectivity index (χ1v) is 6.63. The lowest BCUT2D eigenvalue weighted by Crippen LogP contribution is -2.67. The van der Waals surface area contributed by atoms with E-state index in [4.69, 9.17) is 9.47 Å². The first kappa shape index (κ1) is 12.8. The lowest BCUT2D eigenvalue weighted by molar-refractivity contribution is -0.198. The number of ether oxygens (including phenoxy) is 2. The molecule has 2 saturated heterocycles. The number of unbranched alkanes of at least 4 members (excludes halogenated alkanes) is 1. The summed E-state index contributed by atoms with van der Waals surface area (Å²) < 4.78 is 11.2.